The van der Waals surface area contributed by atoms with Crippen LogP contribution in [0, 0.1) is 0 Å². The summed E-state index contributed by atoms with van der Waals surface area (Å²) in [4.78, 5) is 17.3. The van der Waals surface area contributed by atoms with Crippen LogP contribution in [0.4, 0.5) is 10.5 Å². The minimum Gasteiger partial charge on any atom is -0.497 e. The quantitative estimate of drug-likeness (QED) is 0.630. The van der Waals surface area contributed by atoms with E-state index in [4.69, 9.17) is 18.9 Å². The average Bonchev–Trinajstić information content (AvgIpc) is 2.96. The molecular formula is C27H34N2O5. The Hall–Kier alpha value is -3.09. The van der Waals surface area contributed by atoms with Gasteiger partial charge in [-0.1, -0.05) is 0 Å². The number of ether oxygens (including phenoxy) is 4. The van der Waals surface area contributed by atoms with E-state index in [0.29, 0.717) is 25.7 Å². The second-order valence-corrected chi connectivity index (χ2v) is 10.3. The fourth-order valence-corrected chi connectivity index (χ4v) is 5.49. The Labute approximate surface area is 201 Å². The fourth-order valence-electron chi connectivity index (χ4n) is 5.49. The smallest absolute Gasteiger partial charge is 0.410 e. The summed E-state index contributed by atoms with van der Waals surface area (Å²) in [6.45, 7) is 8.76. The number of carbonyl (C=O) groups excluding carboxylic acids is 1. The van der Waals surface area contributed by atoms with Crippen LogP contribution in [0.3, 0.4) is 0 Å². The van der Waals surface area contributed by atoms with Gasteiger partial charge in [-0.2, -0.15) is 0 Å². The van der Waals surface area contributed by atoms with Crippen molar-refractivity contribution in [2.75, 3.05) is 45.4 Å². The van der Waals surface area contributed by atoms with Crippen LogP contribution in [0.2, 0.25) is 0 Å². The van der Waals surface area contributed by atoms with Gasteiger partial charge in [0, 0.05) is 43.2 Å². The van der Waals surface area contributed by atoms with Crippen molar-refractivity contribution in [2.24, 2.45) is 0 Å². The van der Waals surface area contributed by atoms with Crippen molar-refractivity contribution in [1.29, 1.82) is 0 Å². The van der Waals surface area contributed by atoms with Gasteiger partial charge in [-0.25, -0.2) is 4.79 Å². The Balaban J connectivity index is 1.55. The summed E-state index contributed by atoms with van der Waals surface area (Å²) >= 11 is 0. The molecule has 0 aliphatic carbocycles. The molecule has 0 saturated carbocycles. The molecule has 3 aliphatic rings. The number of rotatable bonds is 3. The minimum absolute atomic E-state index is 0.209. The van der Waals surface area contributed by atoms with Gasteiger partial charge in [0.25, 0.3) is 0 Å². The Bertz CT molecular complexity index is 1090. The molecule has 0 aromatic heterocycles. The molecule has 0 bridgehead atoms. The van der Waals surface area contributed by atoms with E-state index in [1.54, 1.807) is 14.2 Å². The number of hydrogen-bond donors (Lipinski definition) is 0. The number of benzene rings is 2. The lowest BCUT2D eigenvalue weighted by molar-refractivity contribution is 0.0189. The molecule has 5 rings (SSSR count). The zero-order valence-corrected chi connectivity index (χ0v) is 20.7. The highest BCUT2D eigenvalue weighted by molar-refractivity contribution is 5.81. The molecule has 0 N–H and O–H groups in total. The summed E-state index contributed by atoms with van der Waals surface area (Å²) in [5.41, 5.74) is 3.96. The maximum absolute atomic E-state index is 12.9. The van der Waals surface area contributed by atoms with Gasteiger partial charge in [-0.15, -0.1) is 0 Å². The molecule has 0 radical (unpaired) electrons. The Morgan fingerprint density at radius 3 is 2.65 bits per heavy atom. The third-order valence-electron chi connectivity index (χ3n) is 6.94. The number of amides is 1. The topological polar surface area (TPSA) is 60.5 Å². The molecule has 3 heterocycles. The van der Waals surface area contributed by atoms with Gasteiger partial charge in [0.15, 0.2) is 0 Å². The molecule has 3 aliphatic heterocycles. The number of carbonyl (C=O) groups is 1. The minimum atomic E-state index is -0.506. The highest BCUT2D eigenvalue weighted by Gasteiger charge is 2.45. The normalized spacial score (nSPS) is 21.2. The third-order valence-corrected chi connectivity index (χ3v) is 6.94. The van der Waals surface area contributed by atoms with Crippen LogP contribution in [0.15, 0.2) is 30.3 Å². The average molecular weight is 467 g/mol. The molecule has 2 aromatic rings. The van der Waals surface area contributed by atoms with Crippen LogP contribution in [-0.4, -0.2) is 63.1 Å². The van der Waals surface area contributed by atoms with E-state index in [1.807, 2.05) is 43.9 Å². The molecule has 0 unspecified atom stereocenters. The lowest BCUT2D eigenvalue weighted by atomic mass is 9.87. The van der Waals surface area contributed by atoms with Crippen molar-refractivity contribution < 1.29 is 23.7 Å². The molecule has 2 aromatic carbocycles. The van der Waals surface area contributed by atoms with Crippen LogP contribution >= 0.6 is 0 Å². The lowest BCUT2D eigenvalue weighted by Crippen LogP contribution is -2.49. The van der Waals surface area contributed by atoms with Crippen LogP contribution in [0.25, 0.3) is 11.1 Å². The first-order valence-corrected chi connectivity index (χ1v) is 12.1. The molecule has 34 heavy (non-hydrogen) atoms. The Kier molecular flexibility index (Phi) is 5.74. The molecule has 2 atom stereocenters. The molecule has 7 nitrogen and oxygen atoms in total. The van der Waals surface area contributed by atoms with E-state index in [1.165, 1.54) is 11.3 Å². The fraction of sp³-hybridized carbons (Fsp3) is 0.519. The third kappa shape index (κ3) is 4.01. The largest absolute Gasteiger partial charge is 0.497 e. The maximum Gasteiger partial charge on any atom is 0.410 e. The SMILES string of the molecule is COc1ccc(-c2cc3c4c(c2)[C@@H]2CN(C(=O)OC(C)(C)C)CC[C@@H]2N4CCCO3)c(OC)c1. The van der Waals surface area contributed by atoms with E-state index in [-0.39, 0.29) is 12.0 Å². The molecule has 1 fully saturated rings. The van der Waals surface area contributed by atoms with Crippen LogP contribution in [0.5, 0.6) is 17.2 Å². The van der Waals surface area contributed by atoms with E-state index >= 15 is 0 Å². The monoisotopic (exact) mass is 466 g/mol. The summed E-state index contributed by atoms with van der Waals surface area (Å²) in [6.07, 6.45) is 1.66. The number of likely N-dealkylation sites (tertiary alicyclic amines) is 1. The second-order valence-electron chi connectivity index (χ2n) is 10.3. The first kappa shape index (κ1) is 22.7. The van der Waals surface area contributed by atoms with Gasteiger partial charge in [-0.05, 0) is 69.0 Å². The molecule has 1 amide bonds. The van der Waals surface area contributed by atoms with E-state index < -0.39 is 5.60 Å². The van der Waals surface area contributed by atoms with Gasteiger partial charge >= 0.3 is 6.09 Å². The predicted molar refractivity (Wildman–Crippen MR) is 131 cm³/mol. The lowest BCUT2D eigenvalue weighted by Gasteiger charge is -2.39. The first-order valence-electron chi connectivity index (χ1n) is 12.1. The Morgan fingerprint density at radius 2 is 1.91 bits per heavy atom. The van der Waals surface area contributed by atoms with Gasteiger partial charge in [0.05, 0.1) is 26.5 Å². The summed E-state index contributed by atoms with van der Waals surface area (Å²) < 4.78 is 23.0. The van der Waals surface area contributed by atoms with Gasteiger partial charge in [0.1, 0.15) is 22.8 Å². The molecule has 1 saturated heterocycles. The van der Waals surface area contributed by atoms with Gasteiger partial charge in [0.2, 0.25) is 0 Å². The zero-order chi connectivity index (χ0) is 24.0. The van der Waals surface area contributed by atoms with Crippen molar-refractivity contribution in [2.45, 2.75) is 51.2 Å². The van der Waals surface area contributed by atoms with Crippen molar-refractivity contribution in [1.82, 2.24) is 4.90 Å². The van der Waals surface area contributed by atoms with Crippen molar-refractivity contribution in [3.8, 4) is 28.4 Å². The van der Waals surface area contributed by atoms with Crippen molar-refractivity contribution >= 4 is 11.8 Å². The van der Waals surface area contributed by atoms with Crippen molar-refractivity contribution in [3.05, 3.63) is 35.9 Å². The summed E-state index contributed by atoms with van der Waals surface area (Å²) in [5.74, 6) is 2.63. The van der Waals surface area contributed by atoms with Crippen LogP contribution < -0.4 is 19.1 Å². The van der Waals surface area contributed by atoms with Crippen LogP contribution in [0.1, 0.15) is 45.1 Å². The van der Waals surface area contributed by atoms with Gasteiger partial charge < -0.3 is 28.7 Å². The summed E-state index contributed by atoms with van der Waals surface area (Å²) in [7, 11) is 3.33. The first-order chi connectivity index (χ1) is 16.3. The number of fused-ring (bicyclic) bond motifs is 3. The number of anilines is 1. The van der Waals surface area contributed by atoms with E-state index in [9.17, 15) is 4.79 Å². The predicted octanol–water partition coefficient (Wildman–Crippen LogP) is 5.07. The highest BCUT2D eigenvalue weighted by Crippen LogP contribution is 2.52. The molecule has 0 spiro atoms. The zero-order valence-electron chi connectivity index (χ0n) is 20.7. The molecule has 7 heteroatoms. The van der Waals surface area contributed by atoms with E-state index in [2.05, 4.69) is 17.0 Å². The van der Waals surface area contributed by atoms with Crippen molar-refractivity contribution in [3.63, 3.8) is 0 Å². The summed E-state index contributed by atoms with van der Waals surface area (Å²) in [6, 6.07) is 10.6. The molecule has 182 valence electrons. The number of methoxy groups -OCH3 is 2. The highest BCUT2D eigenvalue weighted by atomic mass is 16.6. The maximum atomic E-state index is 12.9. The number of piperidine rings is 1. The second kappa shape index (κ2) is 8.60. The number of hydrogen-bond acceptors (Lipinski definition) is 6. The van der Waals surface area contributed by atoms with Gasteiger partial charge in [-0.3, -0.25) is 0 Å². The van der Waals surface area contributed by atoms with Crippen LogP contribution in [-0.2, 0) is 4.74 Å². The Morgan fingerprint density at radius 1 is 1.09 bits per heavy atom. The van der Waals surface area contributed by atoms with E-state index in [0.717, 1.165) is 47.8 Å². The summed E-state index contributed by atoms with van der Waals surface area (Å²) in [5, 5.41) is 0. The number of nitrogens with zero attached hydrogens (tertiary/aromatic N) is 2. The molecular weight excluding hydrogens is 432 g/mol. The standard InChI is InChI=1S/C27H34N2O5/c1-27(2,3)34-26(30)28-11-9-22-21(16-28)20-13-17(14-24-25(20)29(22)10-6-12-33-24)19-8-7-18(31-4)15-23(19)32-5/h7-8,13-15,21-22H,6,9-12,16H2,1-5H3/t21-,22-/m0/s1.